The van der Waals surface area contributed by atoms with E-state index in [1.807, 2.05) is 0 Å². The summed E-state index contributed by atoms with van der Waals surface area (Å²) < 4.78 is 5.45. The average molecular weight is 917 g/mol. The summed E-state index contributed by atoms with van der Waals surface area (Å²) in [6, 6.07) is -0.554. The van der Waals surface area contributed by atoms with Gasteiger partial charge in [0.1, 0.15) is 0 Å². The first-order chi connectivity index (χ1) is 32.0. The first-order valence-corrected chi connectivity index (χ1v) is 29.1. The Morgan fingerprint density at radius 3 is 1.12 bits per heavy atom. The lowest BCUT2D eigenvalue weighted by atomic mass is 10.0. The van der Waals surface area contributed by atoms with Crippen LogP contribution in [0.1, 0.15) is 316 Å². The molecular formula is C59H113NO5. The largest absolute Gasteiger partial charge is 0.466 e. The van der Waals surface area contributed by atoms with Crippen molar-refractivity contribution in [1.29, 1.82) is 0 Å². The van der Waals surface area contributed by atoms with Gasteiger partial charge in [-0.05, 0) is 77.0 Å². The van der Waals surface area contributed by atoms with Gasteiger partial charge >= 0.3 is 5.97 Å². The van der Waals surface area contributed by atoms with E-state index in [0.717, 1.165) is 64.2 Å². The Hall–Kier alpha value is -1.66. The molecule has 0 bridgehead atoms. The number of hydrogen-bond acceptors (Lipinski definition) is 5. The Morgan fingerprint density at radius 2 is 0.723 bits per heavy atom. The molecule has 0 aromatic heterocycles. The summed E-state index contributed by atoms with van der Waals surface area (Å²) in [4.78, 5) is 24.5. The minimum absolute atomic E-state index is 0.0125. The molecule has 2 atom stereocenters. The molecule has 65 heavy (non-hydrogen) atoms. The molecule has 0 heterocycles. The van der Waals surface area contributed by atoms with Crippen molar-refractivity contribution in [3.05, 3.63) is 24.3 Å². The van der Waals surface area contributed by atoms with Crippen LogP contribution in [0.15, 0.2) is 24.3 Å². The topological polar surface area (TPSA) is 95.9 Å². The van der Waals surface area contributed by atoms with E-state index in [9.17, 15) is 19.8 Å². The van der Waals surface area contributed by atoms with Crippen molar-refractivity contribution in [2.45, 2.75) is 328 Å². The molecule has 0 aliphatic rings. The van der Waals surface area contributed by atoms with Crippen LogP contribution < -0.4 is 5.32 Å². The van der Waals surface area contributed by atoms with E-state index in [-0.39, 0.29) is 18.5 Å². The maximum atomic E-state index is 12.5. The minimum Gasteiger partial charge on any atom is -0.466 e. The van der Waals surface area contributed by atoms with Crippen LogP contribution in [0.5, 0.6) is 0 Å². The van der Waals surface area contributed by atoms with Gasteiger partial charge in [-0.15, -0.1) is 0 Å². The number of amides is 1. The first-order valence-electron chi connectivity index (χ1n) is 29.1. The number of hydrogen-bond donors (Lipinski definition) is 3. The van der Waals surface area contributed by atoms with Crippen LogP contribution in [-0.2, 0) is 14.3 Å². The number of aliphatic hydroxyl groups is 2. The third-order valence-electron chi connectivity index (χ3n) is 13.5. The highest BCUT2D eigenvalue weighted by Gasteiger charge is 2.20. The van der Waals surface area contributed by atoms with E-state index in [4.69, 9.17) is 4.74 Å². The van der Waals surface area contributed by atoms with E-state index in [1.54, 1.807) is 0 Å². The first kappa shape index (κ1) is 63.3. The third-order valence-corrected chi connectivity index (χ3v) is 13.5. The highest BCUT2D eigenvalue weighted by Crippen LogP contribution is 2.17. The van der Waals surface area contributed by atoms with Gasteiger partial charge in [-0.25, -0.2) is 0 Å². The van der Waals surface area contributed by atoms with Crippen LogP contribution in [0.2, 0.25) is 0 Å². The van der Waals surface area contributed by atoms with Gasteiger partial charge < -0.3 is 20.3 Å². The van der Waals surface area contributed by atoms with Gasteiger partial charge in [0.15, 0.2) is 0 Å². The molecule has 0 fully saturated rings. The summed E-state index contributed by atoms with van der Waals surface area (Å²) in [5.74, 6) is -0.0624. The summed E-state index contributed by atoms with van der Waals surface area (Å²) in [7, 11) is 0. The monoisotopic (exact) mass is 916 g/mol. The molecular weight excluding hydrogens is 803 g/mol. The predicted molar refractivity (Wildman–Crippen MR) is 283 cm³/mol. The van der Waals surface area contributed by atoms with Crippen LogP contribution in [0.3, 0.4) is 0 Å². The Morgan fingerprint density at radius 1 is 0.415 bits per heavy atom. The Labute approximate surface area is 405 Å². The molecule has 2 unspecified atom stereocenters. The Balaban J connectivity index is 3.47. The number of allylic oxidation sites excluding steroid dienone is 4. The lowest BCUT2D eigenvalue weighted by molar-refractivity contribution is -0.143. The summed E-state index contributed by atoms with van der Waals surface area (Å²) in [5.41, 5.74) is 0. The maximum absolute atomic E-state index is 12.5. The second-order valence-corrected chi connectivity index (χ2v) is 20.0. The molecule has 0 saturated heterocycles. The van der Waals surface area contributed by atoms with Gasteiger partial charge in [0, 0.05) is 12.8 Å². The highest BCUT2D eigenvalue weighted by atomic mass is 16.5. The fourth-order valence-corrected chi connectivity index (χ4v) is 8.98. The van der Waals surface area contributed by atoms with Crippen molar-refractivity contribution in [2.24, 2.45) is 0 Å². The van der Waals surface area contributed by atoms with Crippen molar-refractivity contribution in [1.82, 2.24) is 5.32 Å². The second kappa shape index (κ2) is 54.9. The van der Waals surface area contributed by atoms with Crippen molar-refractivity contribution in [2.75, 3.05) is 13.2 Å². The molecule has 1 amide bonds. The molecule has 384 valence electrons. The van der Waals surface area contributed by atoms with E-state index in [2.05, 4.69) is 43.5 Å². The maximum Gasteiger partial charge on any atom is 0.305 e. The third kappa shape index (κ3) is 51.6. The fourth-order valence-electron chi connectivity index (χ4n) is 8.98. The van der Waals surface area contributed by atoms with Gasteiger partial charge in [-0.2, -0.15) is 0 Å². The van der Waals surface area contributed by atoms with Gasteiger partial charge in [0.25, 0.3) is 0 Å². The van der Waals surface area contributed by atoms with Gasteiger partial charge in [-0.3, -0.25) is 9.59 Å². The summed E-state index contributed by atoms with van der Waals surface area (Å²) in [5, 5.41) is 23.3. The van der Waals surface area contributed by atoms with Crippen LogP contribution in [-0.4, -0.2) is 47.4 Å². The quantitative estimate of drug-likeness (QED) is 0.0321. The number of carbonyl (C=O) groups is 2. The Kier molecular flexibility index (Phi) is 53.5. The summed E-state index contributed by atoms with van der Waals surface area (Å²) >= 11 is 0. The molecule has 0 rings (SSSR count). The average Bonchev–Trinajstić information content (AvgIpc) is 3.31. The molecule has 6 heteroatoms. The lowest BCUT2D eigenvalue weighted by Crippen LogP contribution is -2.45. The number of nitrogens with one attached hydrogen (secondary N) is 1. The van der Waals surface area contributed by atoms with Gasteiger partial charge in [0.05, 0.1) is 25.4 Å². The van der Waals surface area contributed by atoms with Crippen LogP contribution in [0, 0.1) is 0 Å². The lowest BCUT2D eigenvalue weighted by Gasteiger charge is -2.22. The van der Waals surface area contributed by atoms with E-state index < -0.39 is 12.1 Å². The molecule has 0 aliphatic heterocycles. The molecule has 0 saturated carbocycles. The summed E-state index contributed by atoms with van der Waals surface area (Å²) in [6.07, 6.45) is 65.9. The fraction of sp³-hybridized carbons (Fsp3) is 0.898. The SMILES string of the molecule is CCCCC/C=C\CCCCCCCC(=O)OCCCCCCCCC/C=C\CCCCCCCC(=O)NC(CO)C(O)CCCCCCCCCCCCCCCCCCCCCC. The number of ether oxygens (including phenoxy) is 1. The summed E-state index contributed by atoms with van der Waals surface area (Å²) in [6.45, 7) is 4.92. The zero-order valence-electron chi connectivity index (χ0n) is 43.7. The number of rotatable bonds is 54. The number of carbonyl (C=O) groups excluding carboxylic acids is 2. The minimum atomic E-state index is -0.675. The molecule has 0 aromatic carbocycles. The van der Waals surface area contributed by atoms with Crippen molar-refractivity contribution >= 4 is 11.9 Å². The molecule has 0 radical (unpaired) electrons. The second-order valence-electron chi connectivity index (χ2n) is 20.0. The van der Waals surface area contributed by atoms with Crippen LogP contribution in [0.25, 0.3) is 0 Å². The molecule has 6 nitrogen and oxygen atoms in total. The molecule has 0 aliphatic carbocycles. The zero-order valence-corrected chi connectivity index (χ0v) is 43.7. The van der Waals surface area contributed by atoms with Crippen LogP contribution in [0.4, 0.5) is 0 Å². The molecule has 3 N–H and O–H groups in total. The van der Waals surface area contributed by atoms with E-state index >= 15 is 0 Å². The standard InChI is InChI=1S/C59H113NO5/c1-3-5-7-9-11-13-15-17-18-19-20-21-22-25-28-31-35-39-43-47-51-57(62)56(55-61)60-58(63)52-48-44-40-36-32-29-26-23-24-27-30-34-38-42-46-50-54-65-59(64)53-49-45-41-37-33-16-14-12-10-8-6-4-2/h12,14,23,26,56-57,61-62H,3-11,13,15-22,24-25,27-55H2,1-2H3,(H,60,63)/b14-12-,26-23-. The highest BCUT2D eigenvalue weighted by molar-refractivity contribution is 5.76. The van der Waals surface area contributed by atoms with Gasteiger partial charge in [-0.1, -0.05) is 250 Å². The number of aliphatic hydroxyl groups excluding tert-OH is 2. The predicted octanol–water partition coefficient (Wildman–Crippen LogP) is 17.9. The Bertz CT molecular complexity index is 1010. The van der Waals surface area contributed by atoms with Crippen LogP contribution >= 0.6 is 0 Å². The van der Waals surface area contributed by atoms with E-state index in [0.29, 0.717) is 25.9 Å². The van der Waals surface area contributed by atoms with E-state index in [1.165, 1.54) is 218 Å². The molecule has 0 spiro atoms. The molecule has 0 aromatic rings. The smallest absolute Gasteiger partial charge is 0.305 e. The van der Waals surface area contributed by atoms with Crippen molar-refractivity contribution < 1.29 is 24.5 Å². The van der Waals surface area contributed by atoms with Gasteiger partial charge in [0.2, 0.25) is 5.91 Å². The number of unbranched alkanes of at least 4 members (excludes halogenated alkanes) is 39. The van der Waals surface area contributed by atoms with Crippen molar-refractivity contribution in [3.63, 3.8) is 0 Å². The number of esters is 1. The normalized spacial score (nSPS) is 12.7. The zero-order chi connectivity index (χ0) is 47.2. The van der Waals surface area contributed by atoms with Crippen molar-refractivity contribution in [3.8, 4) is 0 Å².